The minimum atomic E-state index is -2.05. The molecule has 0 radical (unpaired) electrons. The summed E-state index contributed by atoms with van der Waals surface area (Å²) in [6.45, 7) is 11.4. The Hall–Kier alpha value is 0.427. The molecule has 92 valence electrons. The third-order valence-electron chi connectivity index (χ3n) is 2.09. The van der Waals surface area contributed by atoms with Crippen LogP contribution in [0.2, 0.25) is 12.6 Å². The Labute approximate surface area is 101 Å². The molecule has 0 aromatic carbocycles. The molecule has 0 aromatic heterocycles. The lowest BCUT2D eigenvalue weighted by molar-refractivity contribution is 0.151. The third kappa shape index (κ3) is 7.34. The summed E-state index contributed by atoms with van der Waals surface area (Å²) in [6.07, 6.45) is 1.86. The topological polar surface area (TPSA) is 18.5 Å². The Morgan fingerprint density at radius 1 is 1.27 bits per heavy atom. The summed E-state index contributed by atoms with van der Waals surface area (Å²) in [5, 5.41) is 0. The van der Waals surface area contributed by atoms with Crippen molar-refractivity contribution in [2.75, 3.05) is 6.61 Å². The molecule has 2 unspecified atom stereocenters. The van der Waals surface area contributed by atoms with Crippen LogP contribution in [-0.4, -0.2) is 20.7 Å². The highest BCUT2D eigenvalue weighted by atomic mass is 35.5. The molecular weight excluding hydrogens is 228 g/mol. The quantitative estimate of drug-likeness (QED) is 0.478. The molecule has 0 aliphatic carbocycles. The number of alkyl halides is 1. The van der Waals surface area contributed by atoms with E-state index in [1.807, 2.05) is 6.92 Å². The highest BCUT2D eigenvalue weighted by Gasteiger charge is 2.34. The van der Waals surface area contributed by atoms with Gasteiger partial charge in [-0.1, -0.05) is 39.3 Å². The minimum Gasteiger partial charge on any atom is -0.394 e. The molecule has 0 aliphatic heterocycles. The van der Waals surface area contributed by atoms with Crippen molar-refractivity contribution in [3.63, 3.8) is 0 Å². The fourth-order valence-electron chi connectivity index (χ4n) is 1.55. The van der Waals surface area contributed by atoms with Gasteiger partial charge in [0.15, 0.2) is 0 Å². The highest BCUT2D eigenvalue weighted by molar-refractivity contribution is 6.66. The van der Waals surface area contributed by atoms with E-state index < -0.39 is 8.56 Å². The van der Waals surface area contributed by atoms with Gasteiger partial charge in [-0.15, -0.1) is 0 Å². The molecule has 0 aliphatic rings. The maximum atomic E-state index is 6.04. The van der Waals surface area contributed by atoms with Crippen molar-refractivity contribution >= 4 is 20.2 Å². The van der Waals surface area contributed by atoms with E-state index in [2.05, 4.69) is 27.3 Å². The summed E-state index contributed by atoms with van der Waals surface area (Å²) < 4.78 is 11.8. The Bertz CT molecular complexity index is 167. The molecular formula is C11H25ClO2Si. The summed E-state index contributed by atoms with van der Waals surface area (Å²) in [4.78, 5) is 0. The summed E-state index contributed by atoms with van der Waals surface area (Å²) in [6, 6.07) is 1.01. The first-order chi connectivity index (χ1) is 6.93. The van der Waals surface area contributed by atoms with E-state index in [1.165, 1.54) is 0 Å². The average Bonchev–Trinajstić information content (AvgIpc) is 2.13. The molecule has 0 rings (SSSR count). The van der Waals surface area contributed by atoms with E-state index in [9.17, 15) is 0 Å². The molecule has 0 amide bonds. The average molecular weight is 253 g/mol. The van der Waals surface area contributed by atoms with Crippen molar-refractivity contribution < 1.29 is 8.85 Å². The van der Waals surface area contributed by atoms with Gasteiger partial charge in [0.25, 0.3) is 0 Å². The Morgan fingerprint density at radius 2 is 1.87 bits per heavy atom. The molecule has 2 atom stereocenters. The first-order valence-corrected chi connectivity index (χ1v) is 8.85. The molecule has 0 heterocycles. The Morgan fingerprint density at radius 3 is 2.27 bits per heavy atom. The zero-order valence-electron chi connectivity index (χ0n) is 10.7. The lowest BCUT2D eigenvalue weighted by Crippen LogP contribution is -2.42. The van der Waals surface area contributed by atoms with Crippen molar-refractivity contribution in [3.05, 3.63) is 0 Å². The van der Waals surface area contributed by atoms with Crippen molar-refractivity contribution in [3.8, 4) is 0 Å². The second-order valence-electron chi connectivity index (χ2n) is 4.52. The van der Waals surface area contributed by atoms with Gasteiger partial charge >= 0.3 is 8.56 Å². The lowest BCUT2D eigenvalue weighted by Gasteiger charge is -2.30. The Balaban J connectivity index is 4.25. The van der Waals surface area contributed by atoms with Crippen LogP contribution in [0.1, 0.15) is 40.5 Å². The number of hydrogen-bond acceptors (Lipinski definition) is 2. The van der Waals surface area contributed by atoms with Crippen molar-refractivity contribution in [2.24, 2.45) is 5.92 Å². The fourth-order valence-corrected chi connectivity index (χ4v) is 5.23. The molecule has 0 bridgehead atoms. The predicted molar refractivity (Wildman–Crippen MR) is 68.5 cm³/mol. The fraction of sp³-hybridized carbons (Fsp3) is 1.00. The van der Waals surface area contributed by atoms with Crippen LogP contribution >= 0.6 is 11.6 Å². The van der Waals surface area contributed by atoms with Crippen LogP contribution in [0, 0.1) is 5.92 Å². The number of rotatable bonds is 8. The Kier molecular flexibility index (Phi) is 7.88. The minimum absolute atomic E-state index is 0.197. The molecule has 4 heteroatoms. The molecule has 15 heavy (non-hydrogen) atoms. The molecule has 0 saturated heterocycles. The van der Waals surface area contributed by atoms with Crippen LogP contribution in [0.15, 0.2) is 0 Å². The largest absolute Gasteiger partial charge is 0.394 e. The SMILES string of the molecule is CCCO[Si](C)(CC(C)C)OC(Cl)CC. The van der Waals surface area contributed by atoms with Gasteiger partial charge in [-0.05, 0) is 31.4 Å². The summed E-state index contributed by atoms with van der Waals surface area (Å²) in [7, 11) is -2.05. The van der Waals surface area contributed by atoms with Crippen LogP contribution in [-0.2, 0) is 8.85 Å². The second-order valence-corrected chi connectivity index (χ2v) is 8.20. The van der Waals surface area contributed by atoms with Crippen LogP contribution in [0.25, 0.3) is 0 Å². The summed E-state index contributed by atoms with van der Waals surface area (Å²) >= 11 is 6.04. The molecule has 0 saturated carbocycles. The summed E-state index contributed by atoms with van der Waals surface area (Å²) in [5.74, 6) is 0.597. The zero-order chi connectivity index (χ0) is 11.9. The van der Waals surface area contributed by atoms with Crippen molar-refractivity contribution in [2.45, 2.75) is 58.7 Å². The number of hydrogen-bond donors (Lipinski definition) is 0. The van der Waals surface area contributed by atoms with E-state index in [0.717, 1.165) is 25.5 Å². The third-order valence-corrected chi connectivity index (χ3v) is 5.79. The second kappa shape index (κ2) is 7.66. The van der Waals surface area contributed by atoms with Crippen LogP contribution in [0.5, 0.6) is 0 Å². The molecule has 0 aromatic rings. The maximum Gasteiger partial charge on any atom is 0.336 e. The molecule has 0 spiro atoms. The molecule has 0 fully saturated rings. The monoisotopic (exact) mass is 252 g/mol. The van der Waals surface area contributed by atoms with E-state index in [1.54, 1.807) is 0 Å². The standard InChI is InChI=1S/C11H25ClO2Si/c1-6-8-13-15(5,9-10(3)4)14-11(12)7-2/h10-11H,6-9H2,1-5H3. The van der Waals surface area contributed by atoms with Gasteiger partial charge in [0.1, 0.15) is 5.56 Å². The van der Waals surface area contributed by atoms with E-state index in [0.29, 0.717) is 5.92 Å². The van der Waals surface area contributed by atoms with Gasteiger partial charge in [-0.25, -0.2) is 0 Å². The first-order valence-electron chi connectivity index (χ1n) is 5.89. The normalized spacial score (nSPS) is 17.8. The van der Waals surface area contributed by atoms with Crippen LogP contribution in [0.3, 0.4) is 0 Å². The highest BCUT2D eigenvalue weighted by Crippen LogP contribution is 2.23. The smallest absolute Gasteiger partial charge is 0.336 e. The lowest BCUT2D eigenvalue weighted by atomic mass is 10.3. The van der Waals surface area contributed by atoms with E-state index >= 15 is 0 Å². The van der Waals surface area contributed by atoms with Gasteiger partial charge < -0.3 is 8.85 Å². The zero-order valence-corrected chi connectivity index (χ0v) is 12.4. The molecule has 2 nitrogen and oxygen atoms in total. The van der Waals surface area contributed by atoms with E-state index in [4.69, 9.17) is 20.5 Å². The van der Waals surface area contributed by atoms with Gasteiger partial charge in [-0.3, -0.25) is 0 Å². The van der Waals surface area contributed by atoms with Gasteiger partial charge in [0.2, 0.25) is 0 Å². The van der Waals surface area contributed by atoms with Crippen LogP contribution < -0.4 is 0 Å². The van der Waals surface area contributed by atoms with Gasteiger partial charge in [0, 0.05) is 6.61 Å². The van der Waals surface area contributed by atoms with Gasteiger partial charge in [0.05, 0.1) is 0 Å². The summed E-state index contributed by atoms with van der Waals surface area (Å²) in [5.41, 5.74) is -0.197. The van der Waals surface area contributed by atoms with Gasteiger partial charge in [-0.2, -0.15) is 0 Å². The van der Waals surface area contributed by atoms with E-state index in [-0.39, 0.29) is 5.56 Å². The first kappa shape index (κ1) is 15.4. The number of halogens is 1. The van der Waals surface area contributed by atoms with Crippen LogP contribution in [0.4, 0.5) is 0 Å². The maximum absolute atomic E-state index is 6.04. The predicted octanol–water partition coefficient (Wildman–Crippen LogP) is 4.13. The van der Waals surface area contributed by atoms with Crippen molar-refractivity contribution in [1.29, 1.82) is 0 Å². The van der Waals surface area contributed by atoms with Crippen molar-refractivity contribution in [1.82, 2.24) is 0 Å². The molecule has 0 N–H and O–H groups in total.